The number of rotatable bonds is 0. The minimum Gasteiger partial charge on any atom is -0.370 e. The van der Waals surface area contributed by atoms with Crippen LogP contribution in [0.3, 0.4) is 0 Å². The van der Waals surface area contributed by atoms with Crippen LogP contribution in [0.2, 0.25) is 0 Å². The summed E-state index contributed by atoms with van der Waals surface area (Å²) in [5, 5.41) is 0. The van der Waals surface area contributed by atoms with Crippen molar-refractivity contribution in [2.24, 2.45) is 11.8 Å². The van der Waals surface area contributed by atoms with E-state index in [0.717, 1.165) is 12.8 Å². The number of ketones is 2. The maximum atomic E-state index is 11.4. The van der Waals surface area contributed by atoms with E-state index in [1.807, 2.05) is 0 Å². The zero-order valence-electron chi connectivity index (χ0n) is 7.10. The second kappa shape index (κ2) is 2.29. The molecule has 3 aliphatic rings. The Morgan fingerprint density at radius 2 is 1.46 bits per heavy atom. The predicted octanol–water partition coefficient (Wildman–Crippen LogP) is 0.488. The minimum atomic E-state index is -0.0822. The number of hydrogen-bond acceptors (Lipinski definition) is 3. The van der Waals surface area contributed by atoms with Gasteiger partial charge in [-0.25, -0.2) is 0 Å². The molecule has 0 N–H and O–H groups in total. The molecule has 0 aromatic carbocycles. The van der Waals surface area contributed by atoms with E-state index in [4.69, 9.17) is 4.74 Å². The van der Waals surface area contributed by atoms with E-state index >= 15 is 0 Å². The molecule has 0 bridgehead atoms. The van der Waals surface area contributed by atoms with Gasteiger partial charge in [-0.1, -0.05) is 0 Å². The molecule has 1 saturated heterocycles. The fraction of sp³-hybridized carbons (Fsp3) is 0.600. The molecule has 3 rings (SSSR count). The monoisotopic (exact) mass is 178 g/mol. The Hall–Kier alpha value is -0.960. The van der Waals surface area contributed by atoms with Crippen molar-refractivity contribution >= 4 is 11.6 Å². The van der Waals surface area contributed by atoms with Gasteiger partial charge in [0.25, 0.3) is 0 Å². The molecule has 3 heteroatoms. The number of allylic oxidation sites excluding steroid dienone is 2. The summed E-state index contributed by atoms with van der Waals surface area (Å²) in [6.07, 6.45) is 4.89. The number of hydrogen-bond donors (Lipinski definition) is 0. The van der Waals surface area contributed by atoms with E-state index in [1.165, 1.54) is 12.2 Å². The molecule has 3 nitrogen and oxygen atoms in total. The maximum absolute atomic E-state index is 11.4. The topological polar surface area (TPSA) is 46.7 Å². The number of fused-ring (bicyclic) bond motifs is 2. The number of carbonyl (C=O) groups excluding carboxylic acids is 2. The van der Waals surface area contributed by atoms with Crippen molar-refractivity contribution in [1.82, 2.24) is 0 Å². The summed E-state index contributed by atoms with van der Waals surface area (Å²) in [4.78, 5) is 22.9. The van der Waals surface area contributed by atoms with Crippen molar-refractivity contribution in [1.29, 1.82) is 0 Å². The SMILES string of the molecule is O=C1C=CC(=O)C2CC3OC3CC12. The molecule has 0 aromatic heterocycles. The molecule has 0 spiro atoms. The van der Waals surface area contributed by atoms with Gasteiger partial charge in [0.2, 0.25) is 0 Å². The molecule has 1 aliphatic heterocycles. The van der Waals surface area contributed by atoms with E-state index in [1.54, 1.807) is 0 Å². The molecule has 0 amide bonds. The highest BCUT2D eigenvalue weighted by Crippen LogP contribution is 2.44. The Morgan fingerprint density at radius 1 is 1.00 bits per heavy atom. The lowest BCUT2D eigenvalue weighted by Crippen LogP contribution is -2.37. The van der Waals surface area contributed by atoms with E-state index in [2.05, 4.69) is 0 Å². The van der Waals surface area contributed by atoms with Crippen LogP contribution in [0.5, 0.6) is 0 Å². The molecule has 2 aliphatic carbocycles. The lowest BCUT2D eigenvalue weighted by molar-refractivity contribution is -0.130. The third-order valence-electron chi connectivity index (χ3n) is 3.29. The molecule has 0 radical (unpaired) electrons. The fourth-order valence-electron chi connectivity index (χ4n) is 2.46. The van der Waals surface area contributed by atoms with Crippen molar-refractivity contribution in [2.75, 3.05) is 0 Å². The molecule has 1 heterocycles. The van der Waals surface area contributed by atoms with E-state index < -0.39 is 0 Å². The summed E-state index contributed by atoms with van der Waals surface area (Å²) >= 11 is 0. The Morgan fingerprint density at radius 3 is 1.92 bits per heavy atom. The molecule has 4 atom stereocenters. The van der Waals surface area contributed by atoms with Gasteiger partial charge in [0.1, 0.15) is 0 Å². The summed E-state index contributed by atoms with van der Waals surface area (Å²) in [5.41, 5.74) is 0. The highest BCUT2D eigenvalue weighted by molar-refractivity contribution is 6.07. The number of carbonyl (C=O) groups is 2. The molecular weight excluding hydrogens is 168 g/mol. The van der Waals surface area contributed by atoms with Gasteiger partial charge in [0.15, 0.2) is 11.6 Å². The van der Waals surface area contributed by atoms with Gasteiger partial charge in [-0.2, -0.15) is 0 Å². The summed E-state index contributed by atoms with van der Waals surface area (Å²) < 4.78 is 5.33. The van der Waals surface area contributed by atoms with Crippen LogP contribution in [0.25, 0.3) is 0 Å². The second-order valence-corrected chi connectivity index (χ2v) is 4.04. The molecule has 2 fully saturated rings. The van der Waals surface area contributed by atoms with Gasteiger partial charge in [-0.15, -0.1) is 0 Å². The van der Waals surface area contributed by atoms with Crippen LogP contribution < -0.4 is 0 Å². The van der Waals surface area contributed by atoms with Crippen LogP contribution in [0.4, 0.5) is 0 Å². The lowest BCUT2D eigenvalue weighted by Gasteiger charge is -2.27. The third-order valence-corrected chi connectivity index (χ3v) is 3.29. The zero-order chi connectivity index (χ0) is 9.00. The molecular formula is C10H10O3. The van der Waals surface area contributed by atoms with Gasteiger partial charge >= 0.3 is 0 Å². The molecule has 68 valence electrons. The van der Waals surface area contributed by atoms with Crippen LogP contribution in [0.1, 0.15) is 12.8 Å². The summed E-state index contributed by atoms with van der Waals surface area (Å²) in [5.74, 6) is 0.0552. The first-order valence-electron chi connectivity index (χ1n) is 4.67. The van der Waals surface area contributed by atoms with Crippen molar-refractivity contribution in [3.8, 4) is 0 Å². The Bertz CT molecular complexity index is 288. The van der Waals surface area contributed by atoms with Gasteiger partial charge in [0.05, 0.1) is 12.2 Å². The van der Waals surface area contributed by atoms with E-state index in [-0.39, 0.29) is 35.6 Å². The highest BCUT2D eigenvalue weighted by Gasteiger charge is 2.52. The normalized spacial score (nSPS) is 47.1. The van der Waals surface area contributed by atoms with Crippen LogP contribution in [-0.4, -0.2) is 23.8 Å². The van der Waals surface area contributed by atoms with E-state index in [9.17, 15) is 9.59 Å². The minimum absolute atomic E-state index is 0.0822. The van der Waals surface area contributed by atoms with Crippen molar-refractivity contribution in [2.45, 2.75) is 25.0 Å². The zero-order valence-corrected chi connectivity index (χ0v) is 7.10. The summed E-state index contributed by atoms with van der Waals surface area (Å²) in [6.45, 7) is 0. The second-order valence-electron chi connectivity index (χ2n) is 4.04. The average Bonchev–Trinajstić information content (AvgIpc) is 2.87. The average molecular weight is 178 g/mol. The van der Waals surface area contributed by atoms with Crippen LogP contribution in [0.15, 0.2) is 12.2 Å². The lowest BCUT2D eigenvalue weighted by atomic mass is 9.72. The van der Waals surface area contributed by atoms with Crippen molar-refractivity contribution in [3.63, 3.8) is 0 Å². The largest absolute Gasteiger partial charge is 0.370 e. The van der Waals surface area contributed by atoms with Crippen molar-refractivity contribution in [3.05, 3.63) is 12.2 Å². The Labute approximate surface area is 75.8 Å². The van der Waals surface area contributed by atoms with Crippen LogP contribution >= 0.6 is 0 Å². The standard InChI is InChI=1S/C10H10O3/c11-7-1-2-8(12)6-4-10-9(13-10)3-5(6)7/h1-2,5-6,9-10H,3-4H2. The first kappa shape index (κ1) is 7.44. The van der Waals surface area contributed by atoms with Gasteiger partial charge in [-0.3, -0.25) is 9.59 Å². The smallest absolute Gasteiger partial charge is 0.159 e. The highest BCUT2D eigenvalue weighted by atomic mass is 16.6. The summed E-state index contributed by atoms with van der Waals surface area (Å²) in [6, 6.07) is 0. The fourth-order valence-corrected chi connectivity index (χ4v) is 2.46. The Balaban J connectivity index is 1.93. The predicted molar refractivity (Wildman–Crippen MR) is 44.0 cm³/mol. The molecule has 4 unspecified atom stereocenters. The first-order chi connectivity index (χ1) is 6.25. The van der Waals surface area contributed by atoms with Crippen LogP contribution in [0, 0.1) is 11.8 Å². The summed E-state index contributed by atoms with van der Waals surface area (Å²) in [7, 11) is 0. The molecule has 13 heavy (non-hydrogen) atoms. The van der Waals surface area contributed by atoms with Crippen LogP contribution in [-0.2, 0) is 14.3 Å². The van der Waals surface area contributed by atoms with Crippen molar-refractivity contribution < 1.29 is 14.3 Å². The van der Waals surface area contributed by atoms with Gasteiger partial charge in [0, 0.05) is 11.8 Å². The number of epoxide rings is 1. The molecule has 1 saturated carbocycles. The third kappa shape index (κ3) is 1.000. The van der Waals surface area contributed by atoms with Gasteiger partial charge < -0.3 is 4.74 Å². The quantitative estimate of drug-likeness (QED) is 0.507. The molecule has 0 aromatic rings. The Kier molecular flexibility index (Phi) is 1.31. The number of ether oxygens (including phenoxy) is 1. The van der Waals surface area contributed by atoms with Gasteiger partial charge in [-0.05, 0) is 25.0 Å². The first-order valence-corrected chi connectivity index (χ1v) is 4.67. The maximum Gasteiger partial charge on any atom is 0.159 e. The van der Waals surface area contributed by atoms with E-state index in [0.29, 0.717) is 0 Å².